The van der Waals surface area contributed by atoms with Crippen LogP contribution < -0.4 is 10.9 Å². The number of nitrogens with one attached hydrogen (secondary N) is 2. The summed E-state index contributed by atoms with van der Waals surface area (Å²) in [5.41, 5.74) is 1.25. The summed E-state index contributed by atoms with van der Waals surface area (Å²) in [7, 11) is -10.3. The Morgan fingerprint density at radius 1 is 0.706 bits per heavy atom. The minimum absolute atomic E-state index is 0.0459. The van der Waals surface area contributed by atoms with Crippen molar-refractivity contribution in [3.63, 3.8) is 0 Å². The number of hydrogen-bond donors (Lipinski definition) is 5. The average molecular weight is 739 g/mol. The molecule has 0 atom stereocenters. The van der Waals surface area contributed by atoms with Gasteiger partial charge in [0.25, 0.3) is 31.6 Å². The van der Waals surface area contributed by atoms with Crippen LogP contribution in [0.15, 0.2) is 115 Å². The second-order valence-corrected chi connectivity index (χ2v) is 12.9. The van der Waals surface area contributed by atoms with Gasteiger partial charge in [-0.05, 0) is 48.0 Å². The van der Waals surface area contributed by atoms with Gasteiger partial charge in [0, 0.05) is 36.4 Å². The summed E-state index contributed by atoms with van der Waals surface area (Å²) in [6.07, 6.45) is 2.31. The first kappa shape index (κ1) is 35.5. The lowest BCUT2D eigenvalue weighted by atomic mass is 9.93. The molecule has 3 aromatic rings. The van der Waals surface area contributed by atoms with E-state index in [1.807, 2.05) is 0 Å². The van der Waals surface area contributed by atoms with Crippen LogP contribution in [0, 0.1) is 20.2 Å². The Labute approximate surface area is 284 Å². The molecule has 0 unspecified atom stereocenters. The molecule has 0 spiro atoms. The van der Waals surface area contributed by atoms with E-state index in [2.05, 4.69) is 31.3 Å². The van der Waals surface area contributed by atoms with Crippen LogP contribution in [0.4, 0.5) is 28.4 Å². The van der Waals surface area contributed by atoms with Crippen LogP contribution in [-0.4, -0.2) is 63.9 Å². The molecule has 0 heterocycles. The number of nitrogens with zero attached hydrogens (tertiary/aromatic N) is 6. The van der Waals surface area contributed by atoms with Gasteiger partial charge in [0.2, 0.25) is 11.6 Å². The zero-order valence-corrected chi connectivity index (χ0v) is 26.6. The van der Waals surface area contributed by atoms with Gasteiger partial charge in [-0.1, -0.05) is 0 Å². The van der Waals surface area contributed by atoms with E-state index < -0.39 is 85.4 Å². The van der Waals surface area contributed by atoms with E-state index in [0.717, 1.165) is 18.2 Å². The molecule has 23 heteroatoms. The molecule has 2 aliphatic carbocycles. The number of fused-ring (bicyclic) bond motifs is 1. The second kappa shape index (κ2) is 13.6. The number of hydrazone groups is 2. The second-order valence-electron chi connectivity index (χ2n) is 10.1. The fraction of sp³-hybridized carbons (Fsp3) is 0. The smallest absolute Gasteiger partial charge is 0.296 e. The summed E-state index contributed by atoms with van der Waals surface area (Å²) in [6, 6.07) is 10.9. The lowest BCUT2D eigenvalue weighted by Crippen LogP contribution is -2.27. The third kappa shape index (κ3) is 7.92. The molecule has 0 saturated heterocycles. The molecule has 2 aliphatic rings. The van der Waals surface area contributed by atoms with Crippen LogP contribution in [0.2, 0.25) is 0 Å². The van der Waals surface area contributed by atoms with Gasteiger partial charge in [-0.15, -0.1) is 10.2 Å². The SMILES string of the molecule is O=C1C=C(O)C(N=Nc2cc(S(=O)(=O)O)cc3c2C(=O)/C(=N/Nc2ccc([N+](=O)[O-])cc2)C(S(=O)(=O)O)=C3)=C/C1=N/Nc1ccc([N+](=O)[O-])cc1. The first-order chi connectivity index (χ1) is 23.9. The van der Waals surface area contributed by atoms with E-state index in [0.29, 0.717) is 24.3 Å². The van der Waals surface area contributed by atoms with Gasteiger partial charge in [-0.3, -0.25) is 49.8 Å². The fourth-order valence-electron chi connectivity index (χ4n) is 4.34. The molecular weight excluding hydrogens is 720 g/mol. The molecule has 0 fully saturated rings. The number of carbonyl (C=O) groups excluding carboxylic acids is 2. The maximum atomic E-state index is 13.7. The van der Waals surface area contributed by atoms with Crippen LogP contribution in [0.25, 0.3) is 6.08 Å². The number of aliphatic hydroxyl groups is 1. The molecule has 260 valence electrons. The van der Waals surface area contributed by atoms with Crippen LogP contribution in [0.1, 0.15) is 15.9 Å². The minimum Gasteiger partial charge on any atom is -0.505 e. The Bertz CT molecular complexity index is 2450. The van der Waals surface area contributed by atoms with E-state index in [4.69, 9.17) is 0 Å². The van der Waals surface area contributed by atoms with Gasteiger partial charge < -0.3 is 5.11 Å². The first-order valence-electron chi connectivity index (χ1n) is 13.6. The molecule has 5 rings (SSSR count). The van der Waals surface area contributed by atoms with Gasteiger partial charge >= 0.3 is 0 Å². The summed E-state index contributed by atoms with van der Waals surface area (Å²) >= 11 is 0. The monoisotopic (exact) mass is 738 g/mol. The molecule has 0 saturated carbocycles. The van der Waals surface area contributed by atoms with Crippen molar-refractivity contribution in [1.82, 2.24) is 0 Å². The normalized spacial score (nSPS) is 16.4. The van der Waals surface area contributed by atoms with E-state index in [1.165, 1.54) is 36.4 Å². The van der Waals surface area contributed by atoms with Crippen molar-refractivity contribution >= 4 is 77.7 Å². The van der Waals surface area contributed by atoms with Crippen molar-refractivity contribution < 1.29 is 50.5 Å². The Kier molecular flexibility index (Phi) is 9.46. The highest BCUT2D eigenvalue weighted by Crippen LogP contribution is 2.36. The molecule has 3 aromatic carbocycles. The van der Waals surface area contributed by atoms with Gasteiger partial charge in [-0.2, -0.15) is 27.0 Å². The Hall–Kier alpha value is -6.82. The fourth-order valence-corrected chi connectivity index (χ4v) is 5.53. The van der Waals surface area contributed by atoms with Crippen LogP contribution in [0.3, 0.4) is 0 Å². The molecule has 0 aliphatic heterocycles. The first-order valence-corrected chi connectivity index (χ1v) is 16.5. The summed E-state index contributed by atoms with van der Waals surface area (Å²) in [4.78, 5) is 44.7. The third-order valence-electron chi connectivity index (χ3n) is 6.74. The van der Waals surface area contributed by atoms with Crippen molar-refractivity contribution in [3.8, 4) is 0 Å². The number of nitro benzene ring substituents is 2. The number of aliphatic hydroxyl groups excluding tert-OH is 1. The quantitative estimate of drug-likeness (QED) is 0.0642. The van der Waals surface area contributed by atoms with Crippen LogP contribution in [0.5, 0.6) is 0 Å². The highest BCUT2D eigenvalue weighted by molar-refractivity contribution is 7.91. The number of ketones is 2. The van der Waals surface area contributed by atoms with E-state index in [1.54, 1.807) is 0 Å². The van der Waals surface area contributed by atoms with Gasteiger partial charge in [0.1, 0.15) is 22.1 Å². The minimum atomic E-state index is -5.23. The number of allylic oxidation sites excluding steroid dienone is 3. The Balaban J connectivity index is 1.56. The number of nitro groups is 2. The average Bonchev–Trinajstić information content (AvgIpc) is 3.06. The number of non-ortho nitro benzene ring substituents is 2. The summed E-state index contributed by atoms with van der Waals surface area (Å²) in [5, 5.41) is 47.4. The maximum absolute atomic E-state index is 13.7. The van der Waals surface area contributed by atoms with Crippen LogP contribution >= 0.6 is 0 Å². The van der Waals surface area contributed by atoms with Gasteiger partial charge in [-0.25, -0.2) is 0 Å². The number of carbonyl (C=O) groups is 2. The molecule has 21 nitrogen and oxygen atoms in total. The maximum Gasteiger partial charge on any atom is 0.296 e. The van der Waals surface area contributed by atoms with Crippen molar-refractivity contribution in [1.29, 1.82) is 0 Å². The number of rotatable bonds is 10. The lowest BCUT2D eigenvalue weighted by Gasteiger charge is -2.18. The van der Waals surface area contributed by atoms with Crippen molar-refractivity contribution in [3.05, 3.63) is 121 Å². The molecule has 0 bridgehead atoms. The predicted octanol–water partition coefficient (Wildman–Crippen LogP) is 4.10. The molecule has 51 heavy (non-hydrogen) atoms. The van der Waals surface area contributed by atoms with Gasteiger partial charge in [0.15, 0.2) is 5.71 Å². The zero-order valence-electron chi connectivity index (χ0n) is 24.9. The Morgan fingerprint density at radius 2 is 1.25 bits per heavy atom. The predicted molar refractivity (Wildman–Crippen MR) is 177 cm³/mol. The van der Waals surface area contributed by atoms with Crippen LogP contribution in [-0.2, 0) is 25.0 Å². The highest BCUT2D eigenvalue weighted by atomic mass is 32.2. The van der Waals surface area contributed by atoms with E-state index >= 15 is 0 Å². The number of azo groups is 1. The van der Waals surface area contributed by atoms with Gasteiger partial charge in [0.05, 0.1) is 37.4 Å². The largest absolute Gasteiger partial charge is 0.505 e. The van der Waals surface area contributed by atoms with E-state index in [-0.39, 0.29) is 28.5 Å². The lowest BCUT2D eigenvalue weighted by molar-refractivity contribution is -0.385. The number of anilines is 2. The zero-order chi connectivity index (χ0) is 37.2. The number of benzene rings is 3. The highest BCUT2D eigenvalue weighted by Gasteiger charge is 2.36. The van der Waals surface area contributed by atoms with Crippen molar-refractivity contribution in [2.45, 2.75) is 4.90 Å². The summed E-state index contributed by atoms with van der Waals surface area (Å²) in [5.74, 6) is -2.81. The molecule has 0 amide bonds. The number of Topliss-reactive ketones (excluding diaryl/α,β-unsaturated/α-hetero) is 1. The molecule has 0 radical (unpaired) electrons. The summed E-state index contributed by atoms with van der Waals surface area (Å²) in [6.45, 7) is 0. The van der Waals surface area contributed by atoms with Crippen molar-refractivity contribution in [2.75, 3.05) is 10.9 Å². The standard InChI is InChI=1S/C28H18N8O13S2/c37-23-13-24(38)21(12-20(23)31-29-15-1-5-17(6-2-15)35(40)41)32-33-22-11-19(50(44,45)46)9-14-10-25(51(47,48)49)27(28(39)26(14)22)34-30-16-3-7-18(8-4-16)36(42)43/h1-13,29-30,38H,(H,44,45,46)(H,47,48,49)/b31-20-,33-32?,34-27+. The van der Waals surface area contributed by atoms with E-state index in [9.17, 15) is 60.9 Å². The number of hydrogen-bond acceptors (Lipinski definition) is 17. The third-order valence-corrected chi connectivity index (χ3v) is 8.44. The topological polar surface area (TPSA) is 323 Å². The molecule has 0 aromatic heterocycles. The summed E-state index contributed by atoms with van der Waals surface area (Å²) < 4.78 is 68.4. The molecule has 5 N–H and O–H groups in total. The molecular formula is C28H18N8O13S2. The van der Waals surface area contributed by atoms with Crippen molar-refractivity contribution in [2.24, 2.45) is 20.4 Å². The Morgan fingerprint density at radius 3 is 1.76 bits per heavy atom.